The van der Waals surface area contributed by atoms with Crippen molar-refractivity contribution in [3.05, 3.63) is 35.9 Å². The van der Waals surface area contributed by atoms with E-state index in [-0.39, 0.29) is 12.0 Å². The van der Waals surface area contributed by atoms with Crippen molar-refractivity contribution in [1.29, 1.82) is 0 Å². The van der Waals surface area contributed by atoms with Crippen LogP contribution in [0.5, 0.6) is 0 Å². The molecule has 0 radical (unpaired) electrons. The topological polar surface area (TPSA) is 73.6 Å². The van der Waals surface area contributed by atoms with Gasteiger partial charge in [-0.25, -0.2) is 5.48 Å². The number of nitrogens with one attached hydrogen (secondary N) is 1. The van der Waals surface area contributed by atoms with Gasteiger partial charge in [-0.3, -0.25) is 9.63 Å². The molecule has 2 atom stereocenters. The van der Waals surface area contributed by atoms with E-state index in [1.165, 1.54) is 0 Å². The van der Waals surface area contributed by atoms with Crippen LogP contribution in [-0.2, 0) is 21.0 Å². The minimum Gasteiger partial charge on any atom is -0.378 e. The Balaban J connectivity index is 1.86. The van der Waals surface area contributed by atoms with E-state index < -0.39 is 11.0 Å². The fraction of sp³-hybridized carbons (Fsp3) is 0.562. The average molecular weight is 292 g/mol. The van der Waals surface area contributed by atoms with E-state index in [0.717, 1.165) is 5.56 Å². The van der Waals surface area contributed by atoms with Crippen LogP contribution in [0.2, 0.25) is 0 Å². The number of amides is 1. The quantitative estimate of drug-likeness (QED) is 0.784. The summed E-state index contributed by atoms with van der Waals surface area (Å²) >= 11 is 0. The number of ether oxygens (including phenoxy) is 1. The van der Waals surface area contributed by atoms with Crippen LogP contribution in [0, 0.1) is 5.41 Å². The summed E-state index contributed by atoms with van der Waals surface area (Å²) in [5.74, 6) is -0.292. The highest BCUT2D eigenvalue weighted by atomic mass is 16.7. The van der Waals surface area contributed by atoms with Gasteiger partial charge in [0.05, 0.1) is 12.7 Å². The summed E-state index contributed by atoms with van der Waals surface area (Å²) in [7, 11) is 0. The highest BCUT2D eigenvalue weighted by Gasteiger charge is 2.63. The first kappa shape index (κ1) is 15.9. The summed E-state index contributed by atoms with van der Waals surface area (Å²) < 4.78 is 5.61. The van der Waals surface area contributed by atoms with Crippen LogP contribution in [0.3, 0.4) is 0 Å². The van der Waals surface area contributed by atoms with Crippen LogP contribution >= 0.6 is 0 Å². The van der Waals surface area contributed by atoms with Gasteiger partial charge in [-0.2, -0.15) is 0 Å². The third-order valence-electron chi connectivity index (χ3n) is 4.48. The number of hydroxylamine groups is 1. The molecule has 0 heterocycles. The van der Waals surface area contributed by atoms with Crippen LogP contribution in [-0.4, -0.2) is 24.2 Å². The first-order chi connectivity index (χ1) is 9.91. The zero-order valence-corrected chi connectivity index (χ0v) is 12.9. The largest absolute Gasteiger partial charge is 0.378 e. The van der Waals surface area contributed by atoms with Gasteiger partial charge in [0.2, 0.25) is 0 Å². The van der Waals surface area contributed by atoms with Crippen LogP contribution in [0.4, 0.5) is 0 Å². The van der Waals surface area contributed by atoms with Crippen molar-refractivity contribution in [3.8, 4) is 0 Å². The fourth-order valence-corrected chi connectivity index (χ4v) is 2.67. The lowest BCUT2D eigenvalue weighted by Crippen LogP contribution is -2.75. The molecular weight excluding hydrogens is 268 g/mol. The molecule has 21 heavy (non-hydrogen) atoms. The minimum atomic E-state index is -0.955. The van der Waals surface area contributed by atoms with Crippen molar-refractivity contribution in [2.75, 3.05) is 6.61 Å². The molecule has 1 saturated carbocycles. The average Bonchev–Trinajstić information content (AvgIpc) is 2.47. The maximum absolute atomic E-state index is 12.3. The standard InChI is InChI=1S/C16H24N2O3/c1-4-20-13-10-16(17,15(13,2)3)14(19)18-21-11-12-8-6-5-7-9-12/h5-9,13H,4,10-11,17H2,1-3H3,(H,18,19). The first-order valence-corrected chi connectivity index (χ1v) is 7.28. The molecule has 5 nitrogen and oxygen atoms in total. The number of hydrogen-bond acceptors (Lipinski definition) is 4. The van der Waals surface area contributed by atoms with Gasteiger partial charge in [0.1, 0.15) is 5.54 Å². The second-order valence-corrected chi connectivity index (χ2v) is 6.05. The number of carbonyl (C=O) groups excluding carboxylic acids is 1. The van der Waals surface area contributed by atoms with Gasteiger partial charge < -0.3 is 10.5 Å². The lowest BCUT2D eigenvalue weighted by molar-refractivity contribution is -0.180. The summed E-state index contributed by atoms with van der Waals surface area (Å²) in [6.45, 7) is 6.78. The molecule has 116 valence electrons. The highest BCUT2D eigenvalue weighted by molar-refractivity contribution is 5.88. The molecule has 0 spiro atoms. The van der Waals surface area contributed by atoms with Crippen LogP contribution in [0.25, 0.3) is 0 Å². The van der Waals surface area contributed by atoms with E-state index in [2.05, 4.69) is 5.48 Å². The maximum atomic E-state index is 12.3. The zero-order valence-electron chi connectivity index (χ0n) is 12.9. The van der Waals surface area contributed by atoms with Gasteiger partial charge >= 0.3 is 0 Å². The Morgan fingerprint density at radius 2 is 2.05 bits per heavy atom. The zero-order chi connectivity index (χ0) is 15.5. The number of hydrogen-bond donors (Lipinski definition) is 2. The molecule has 1 amide bonds. The molecule has 3 N–H and O–H groups in total. The van der Waals surface area contributed by atoms with E-state index in [1.54, 1.807) is 0 Å². The second-order valence-electron chi connectivity index (χ2n) is 6.05. The smallest absolute Gasteiger partial charge is 0.264 e. The van der Waals surface area contributed by atoms with Gasteiger partial charge in [0.15, 0.2) is 0 Å². The third kappa shape index (κ3) is 2.95. The highest BCUT2D eigenvalue weighted by Crippen LogP contribution is 2.49. The third-order valence-corrected chi connectivity index (χ3v) is 4.48. The minimum absolute atomic E-state index is 0.00683. The molecule has 1 aromatic carbocycles. The van der Waals surface area contributed by atoms with Crippen molar-refractivity contribution in [3.63, 3.8) is 0 Å². The number of rotatable bonds is 6. The summed E-state index contributed by atoms with van der Waals surface area (Å²) in [4.78, 5) is 17.6. The van der Waals surface area contributed by atoms with Crippen molar-refractivity contribution in [2.45, 2.75) is 45.4 Å². The van der Waals surface area contributed by atoms with E-state index >= 15 is 0 Å². The fourth-order valence-electron chi connectivity index (χ4n) is 2.67. The SMILES string of the molecule is CCOC1CC(N)(C(=O)NOCc2ccccc2)C1(C)C. The van der Waals surface area contributed by atoms with E-state index in [1.807, 2.05) is 51.1 Å². The van der Waals surface area contributed by atoms with E-state index in [0.29, 0.717) is 19.6 Å². The molecule has 0 aliphatic heterocycles. The molecule has 2 rings (SSSR count). The Morgan fingerprint density at radius 3 is 2.62 bits per heavy atom. The van der Waals surface area contributed by atoms with Gasteiger partial charge in [-0.15, -0.1) is 0 Å². The predicted octanol–water partition coefficient (Wildman–Crippen LogP) is 1.77. The van der Waals surface area contributed by atoms with Gasteiger partial charge in [0.25, 0.3) is 5.91 Å². The number of carbonyl (C=O) groups is 1. The van der Waals surface area contributed by atoms with E-state index in [9.17, 15) is 4.79 Å². The monoisotopic (exact) mass is 292 g/mol. The summed E-state index contributed by atoms with van der Waals surface area (Å²) in [5.41, 5.74) is 8.35. The van der Waals surface area contributed by atoms with Crippen LogP contribution in [0.15, 0.2) is 30.3 Å². The molecular formula is C16H24N2O3. The normalized spacial score (nSPS) is 27.0. The molecule has 1 fully saturated rings. The molecule has 0 aromatic heterocycles. The van der Waals surface area contributed by atoms with Gasteiger partial charge in [-0.05, 0) is 12.5 Å². The lowest BCUT2D eigenvalue weighted by atomic mass is 9.54. The van der Waals surface area contributed by atoms with Crippen molar-refractivity contribution in [2.24, 2.45) is 11.1 Å². The Morgan fingerprint density at radius 1 is 1.38 bits per heavy atom. The molecule has 2 unspecified atom stereocenters. The summed E-state index contributed by atoms with van der Waals surface area (Å²) in [6.07, 6.45) is 0.515. The molecule has 5 heteroatoms. The van der Waals surface area contributed by atoms with E-state index in [4.69, 9.17) is 15.3 Å². The molecule has 1 aliphatic rings. The number of nitrogens with two attached hydrogens (primary N) is 1. The first-order valence-electron chi connectivity index (χ1n) is 7.28. The van der Waals surface area contributed by atoms with Gasteiger partial charge in [0, 0.05) is 18.4 Å². The maximum Gasteiger partial charge on any atom is 0.264 e. The van der Waals surface area contributed by atoms with Crippen molar-refractivity contribution >= 4 is 5.91 Å². The molecule has 1 aliphatic carbocycles. The Hall–Kier alpha value is -1.43. The number of benzene rings is 1. The predicted molar refractivity (Wildman–Crippen MR) is 80.1 cm³/mol. The summed E-state index contributed by atoms with van der Waals surface area (Å²) in [6, 6.07) is 9.65. The second kappa shape index (κ2) is 6.13. The summed E-state index contributed by atoms with van der Waals surface area (Å²) in [5, 5.41) is 0. The van der Waals surface area contributed by atoms with Crippen molar-refractivity contribution < 1.29 is 14.4 Å². The van der Waals surface area contributed by atoms with Crippen molar-refractivity contribution in [1.82, 2.24) is 5.48 Å². The Bertz CT molecular complexity index is 490. The molecule has 0 saturated heterocycles. The molecule has 1 aromatic rings. The Labute approximate surface area is 125 Å². The Kier molecular flexibility index (Phi) is 4.66. The van der Waals surface area contributed by atoms with Crippen LogP contribution < -0.4 is 11.2 Å². The molecule has 0 bridgehead atoms. The van der Waals surface area contributed by atoms with Gasteiger partial charge in [-0.1, -0.05) is 44.2 Å². The van der Waals surface area contributed by atoms with Crippen LogP contribution in [0.1, 0.15) is 32.8 Å². The lowest BCUT2D eigenvalue weighted by Gasteiger charge is -2.57.